The summed E-state index contributed by atoms with van der Waals surface area (Å²) in [5.74, 6) is 0.703. The van der Waals surface area contributed by atoms with Gasteiger partial charge in [0.05, 0.1) is 11.8 Å². The van der Waals surface area contributed by atoms with E-state index in [0.29, 0.717) is 17.9 Å². The monoisotopic (exact) mass is 298 g/mol. The van der Waals surface area contributed by atoms with E-state index in [1.165, 1.54) is 12.3 Å². The molecule has 0 bridgehead atoms. The van der Waals surface area contributed by atoms with Gasteiger partial charge in [-0.1, -0.05) is 6.07 Å². The number of nitrogens with two attached hydrogens (primary N) is 1. The molecule has 0 aliphatic heterocycles. The van der Waals surface area contributed by atoms with Gasteiger partial charge in [-0.25, -0.2) is 0 Å². The summed E-state index contributed by atoms with van der Waals surface area (Å²) >= 11 is 0. The number of benzene rings is 1. The summed E-state index contributed by atoms with van der Waals surface area (Å²) in [6.07, 6.45) is -2.89. The van der Waals surface area contributed by atoms with E-state index in [1.54, 1.807) is 31.0 Å². The molecule has 3 nitrogen and oxygen atoms in total. The predicted molar refractivity (Wildman–Crippen MR) is 74.9 cm³/mol. The minimum absolute atomic E-state index is 0.0773. The summed E-state index contributed by atoms with van der Waals surface area (Å²) < 4.78 is 44.8. The van der Waals surface area contributed by atoms with Crippen LogP contribution in [0.3, 0.4) is 0 Å². The van der Waals surface area contributed by atoms with E-state index in [1.807, 2.05) is 0 Å². The van der Waals surface area contributed by atoms with E-state index >= 15 is 0 Å². The van der Waals surface area contributed by atoms with Crippen LogP contribution in [0.4, 0.5) is 18.9 Å². The van der Waals surface area contributed by atoms with E-state index < -0.39 is 11.7 Å². The van der Waals surface area contributed by atoms with Crippen molar-refractivity contribution in [2.24, 2.45) is 5.73 Å². The van der Waals surface area contributed by atoms with Crippen LogP contribution < -0.4 is 10.6 Å². The minimum Gasteiger partial charge on any atom is -0.469 e. The minimum atomic E-state index is -4.42. The highest BCUT2D eigenvalue weighted by molar-refractivity contribution is 5.56. The van der Waals surface area contributed by atoms with Gasteiger partial charge in [-0.2, -0.15) is 13.2 Å². The van der Waals surface area contributed by atoms with Gasteiger partial charge in [0.1, 0.15) is 5.76 Å². The summed E-state index contributed by atoms with van der Waals surface area (Å²) in [6, 6.07) is 5.94. The zero-order valence-corrected chi connectivity index (χ0v) is 11.9. The van der Waals surface area contributed by atoms with Crippen LogP contribution in [-0.2, 0) is 19.3 Å². The van der Waals surface area contributed by atoms with Gasteiger partial charge >= 0.3 is 6.18 Å². The highest BCUT2D eigenvalue weighted by Crippen LogP contribution is 2.37. The van der Waals surface area contributed by atoms with Crippen molar-refractivity contribution in [2.45, 2.75) is 26.2 Å². The smallest absolute Gasteiger partial charge is 0.418 e. The fourth-order valence-electron chi connectivity index (χ4n) is 2.19. The number of hydrogen-bond donors (Lipinski definition) is 1. The molecule has 0 saturated heterocycles. The fourth-order valence-corrected chi connectivity index (χ4v) is 2.19. The zero-order valence-electron chi connectivity index (χ0n) is 11.9. The highest BCUT2D eigenvalue weighted by atomic mass is 19.4. The lowest BCUT2D eigenvalue weighted by Crippen LogP contribution is -2.21. The first-order chi connectivity index (χ1) is 9.82. The van der Waals surface area contributed by atoms with E-state index in [-0.39, 0.29) is 12.2 Å². The standard InChI is InChI=1S/C15H17F3N2O/c1-10-12(5-6-21-10)9-20(2)14-4-3-11(8-19)7-13(14)15(16,17)18/h3-7H,8-9,19H2,1-2H3. The lowest BCUT2D eigenvalue weighted by molar-refractivity contribution is -0.137. The molecular weight excluding hydrogens is 281 g/mol. The maximum absolute atomic E-state index is 13.2. The SMILES string of the molecule is Cc1occc1CN(C)c1ccc(CN)cc1C(F)(F)F. The van der Waals surface area contributed by atoms with Crippen LogP contribution in [0.15, 0.2) is 34.9 Å². The van der Waals surface area contributed by atoms with Crippen LogP contribution in [0, 0.1) is 6.92 Å². The van der Waals surface area contributed by atoms with E-state index in [4.69, 9.17) is 10.2 Å². The second-order valence-corrected chi connectivity index (χ2v) is 4.91. The van der Waals surface area contributed by atoms with Gasteiger partial charge < -0.3 is 15.1 Å². The fraction of sp³-hybridized carbons (Fsp3) is 0.333. The number of hydrogen-bond acceptors (Lipinski definition) is 3. The second kappa shape index (κ2) is 5.81. The lowest BCUT2D eigenvalue weighted by atomic mass is 10.1. The third-order valence-corrected chi connectivity index (χ3v) is 3.39. The summed E-state index contributed by atoms with van der Waals surface area (Å²) in [7, 11) is 1.62. The Hall–Kier alpha value is -1.95. The van der Waals surface area contributed by atoms with Crippen molar-refractivity contribution in [1.82, 2.24) is 0 Å². The quantitative estimate of drug-likeness (QED) is 0.936. The van der Waals surface area contributed by atoms with Gasteiger partial charge in [0, 0.05) is 31.4 Å². The Morgan fingerprint density at radius 2 is 1.95 bits per heavy atom. The first-order valence-electron chi connectivity index (χ1n) is 6.47. The molecule has 1 aromatic carbocycles. The van der Waals surface area contributed by atoms with Gasteiger partial charge in [0.25, 0.3) is 0 Å². The predicted octanol–water partition coefficient (Wildman–Crippen LogP) is 3.70. The molecule has 0 spiro atoms. The molecule has 114 valence electrons. The molecule has 0 radical (unpaired) electrons. The van der Waals surface area contributed by atoms with Crippen molar-refractivity contribution in [1.29, 1.82) is 0 Å². The van der Waals surface area contributed by atoms with Gasteiger partial charge in [0.2, 0.25) is 0 Å². The van der Waals surface area contributed by atoms with Crippen molar-refractivity contribution >= 4 is 5.69 Å². The molecular formula is C15H17F3N2O. The van der Waals surface area contributed by atoms with Crippen LogP contribution in [0.1, 0.15) is 22.5 Å². The second-order valence-electron chi connectivity index (χ2n) is 4.91. The summed E-state index contributed by atoms with van der Waals surface area (Å²) in [5, 5.41) is 0. The molecule has 2 N–H and O–H groups in total. The first-order valence-corrected chi connectivity index (χ1v) is 6.47. The van der Waals surface area contributed by atoms with Gasteiger partial charge in [-0.15, -0.1) is 0 Å². The third kappa shape index (κ3) is 3.39. The first kappa shape index (κ1) is 15.4. The molecule has 0 fully saturated rings. The Bertz CT molecular complexity index is 620. The number of nitrogens with zero attached hydrogens (tertiary/aromatic N) is 1. The maximum atomic E-state index is 13.2. The normalized spacial score (nSPS) is 11.7. The summed E-state index contributed by atoms with van der Waals surface area (Å²) in [5.41, 5.74) is 6.19. The van der Waals surface area contributed by atoms with Crippen molar-refractivity contribution in [3.8, 4) is 0 Å². The molecule has 2 aromatic rings. The number of anilines is 1. The summed E-state index contributed by atoms with van der Waals surface area (Å²) in [4.78, 5) is 1.56. The molecule has 0 saturated carbocycles. The zero-order chi connectivity index (χ0) is 15.6. The van der Waals surface area contributed by atoms with Crippen LogP contribution in [0.2, 0.25) is 0 Å². The van der Waals surface area contributed by atoms with Crippen LogP contribution in [-0.4, -0.2) is 7.05 Å². The molecule has 1 heterocycles. The Labute approximate surface area is 121 Å². The van der Waals surface area contributed by atoms with Crippen molar-refractivity contribution in [2.75, 3.05) is 11.9 Å². The number of halogens is 3. The number of rotatable bonds is 4. The molecule has 21 heavy (non-hydrogen) atoms. The van der Waals surface area contributed by atoms with E-state index in [9.17, 15) is 13.2 Å². The molecule has 2 rings (SSSR count). The maximum Gasteiger partial charge on any atom is 0.418 e. The average Bonchev–Trinajstić information content (AvgIpc) is 2.82. The Balaban J connectivity index is 2.36. The van der Waals surface area contributed by atoms with Crippen LogP contribution in [0.5, 0.6) is 0 Å². The molecule has 6 heteroatoms. The Kier molecular flexibility index (Phi) is 4.27. The Morgan fingerprint density at radius 3 is 2.48 bits per heavy atom. The van der Waals surface area contributed by atoms with E-state index in [0.717, 1.165) is 11.6 Å². The van der Waals surface area contributed by atoms with Crippen molar-refractivity contribution < 1.29 is 17.6 Å². The van der Waals surface area contributed by atoms with Gasteiger partial charge in [-0.3, -0.25) is 0 Å². The molecule has 1 aromatic heterocycles. The molecule has 0 aliphatic rings. The Morgan fingerprint density at radius 1 is 1.24 bits per heavy atom. The molecule has 0 aliphatic carbocycles. The number of alkyl halides is 3. The van der Waals surface area contributed by atoms with Crippen LogP contribution >= 0.6 is 0 Å². The number of furan rings is 1. The highest BCUT2D eigenvalue weighted by Gasteiger charge is 2.34. The number of aryl methyl sites for hydroxylation is 1. The van der Waals surface area contributed by atoms with Crippen LogP contribution in [0.25, 0.3) is 0 Å². The van der Waals surface area contributed by atoms with E-state index in [2.05, 4.69) is 0 Å². The van der Waals surface area contributed by atoms with Crippen molar-refractivity contribution in [3.05, 3.63) is 53.0 Å². The van der Waals surface area contributed by atoms with Crippen molar-refractivity contribution in [3.63, 3.8) is 0 Å². The topological polar surface area (TPSA) is 42.4 Å². The molecule has 0 unspecified atom stereocenters. The van der Waals surface area contributed by atoms with Gasteiger partial charge in [0.15, 0.2) is 0 Å². The summed E-state index contributed by atoms with van der Waals surface area (Å²) in [6.45, 7) is 2.20. The largest absolute Gasteiger partial charge is 0.469 e. The third-order valence-electron chi connectivity index (χ3n) is 3.39. The molecule has 0 atom stereocenters. The lowest BCUT2D eigenvalue weighted by Gasteiger charge is -2.24. The average molecular weight is 298 g/mol. The van der Waals surface area contributed by atoms with Gasteiger partial charge in [-0.05, 0) is 30.7 Å². The molecule has 0 amide bonds.